The Kier molecular flexibility index (Phi) is 13.7. The van der Waals surface area contributed by atoms with Gasteiger partial charge in [0, 0.05) is 79.6 Å². The second kappa shape index (κ2) is 23.6. The van der Waals surface area contributed by atoms with E-state index in [-0.39, 0.29) is 13.4 Å². The van der Waals surface area contributed by atoms with E-state index in [2.05, 4.69) is 395 Å². The maximum absolute atomic E-state index is 7.40. The van der Waals surface area contributed by atoms with Crippen LogP contribution in [0.4, 0.5) is 85.3 Å². The quantitative estimate of drug-likeness (QED) is 0.113. The van der Waals surface area contributed by atoms with E-state index in [0.29, 0.717) is 0 Å². The van der Waals surface area contributed by atoms with Crippen molar-refractivity contribution in [1.82, 2.24) is 0 Å². The minimum Gasteiger partial charge on any atom is -0.458 e. The molecule has 98 heavy (non-hydrogen) atoms. The molecule has 0 unspecified atom stereocenters. The first-order valence-electron chi connectivity index (χ1n) is 33.7. The molecule has 0 bridgehead atoms. The van der Waals surface area contributed by atoms with E-state index >= 15 is 0 Å². The highest BCUT2D eigenvalue weighted by Crippen LogP contribution is 2.53. The van der Waals surface area contributed by atoms with Gasteiger partial charge >= 0.3 is 0 Å². The van der Waals surface area contributed by atoms with Gasteiger partial charge in [0.2, 0.25) is 0 Å². The third-order valence-corrected chi connectivity index (χ3v) is 20.0. The summed E-state index contributed by atoms with van der Waals surface area (Å²) in [7, 11) is 0. The molecular weight excluding hydrogens is 1190 g/mol. The molecule has 0 aromatic heterocycles. The summed E-state index contributed by atoms with van der Waals surface area (Å²) in [4.78, 5) is 12.5. The standard InChI is InChI=1S/C90H61B2N5O/c1-8-32-62(33-9-1)71-46-22-27-51-78(71)93(65-38-14-4-15-39-65)69-56-84-89-85(57-69)97(80-53-29-24-48-73(80)64-36-12-3-13-37-64)81-54-30-25-49-74(81)91(89)76-60-77-83(61-82(76)95(84)67-42-18-6-19-43-67)96(68-44-20-7-21-45-68)86-58-70(59-88-90(86)92(77)75-50-26-31-55-87(75)98-88)94(66-40-16-5-17-41-66)79-52-28-23-47-72(79)63-34-10-2-11-35-63/h1-61H. The van der Waals surface area contributed by atoms with E-state index in [4.69, 9.17) is 4.74 Å². The fourth-order valence-corrected chi connectivity index (χ4v) is 15.9. The highest BCUT2D eigenvalue weighted by Gasteiger charge is 2.49. The highest BCUT2D eigenvalue weighted by atomic mass is 16.5. The van der Waals surface area contributed by atoms with E-state index in [9.17, 15) is 0 Å². The van der Waals surface area contributed by atoms with Gasteiger partial charge in [-0.1, -0.05) is 261 Å². The van der Waals surface area contributed by atoms with Crippen LogP contribution >= 0.6 is 0 Å². The maximum Gasteiger partial charge on any atom is 0.256 e. The number of nitrogens with zero attached hydrogens (tertiary/aromatic N) is 5. The molecule has 4 aliphatic rings. The number of para-hydroxylation sites is 9. The summed E-state index contributed by atoms with van der Waals surface area (Å²) in [5.41, 5.74) is 29.9. The Morgan fingerprint density at radius 2 is 0.602 bits per heavy atom. The van der Waals surface area contributed by atoms with Gasteiger partial charge in [0.05, 0.1) is 28.4 Å². The van der Waals surface area contributed by atoms with Crippen LogP contribution in [0, 0.1) is 0 Å². The molecule has 0 N–H and O–H groups in total. The van der Waals surface area contributed by atoms with Crippen LogP contribution in [0.3, 0.4) is 0 Å². The molecule has 0 atom stereocenters. The monoisotopic (exact) mass is 1250 g/mol. The molecular formula is C90H61B2N5O. The Hall–Kier alpha value is -12.8. The van der Waals surface area contributed by atoms with Crippen LogP contribution in [0.5, 0.6) is 11.5 Å². The zero-order chi connectivity index (χ0) is 64.6. The van der Waals surface area contributed by atoms with E-state index in [1.54, 1.807) is 0 Å². The second-order valence-electron chi connectivity index (χ2n) is 25.5. The van der Waals surface area contributed by atoms with Crippen molar-refractivity contribution in [2.45, 2.75) is 0 Å². The summed E-state index contributed by atoms with van der Waals surface area (Å²) in [5, 5.41) is 0. The van der Waals surface area contributed by atoms with Crippen LogP contribution in [0.15, 0.2) is 370 Å². The van der Waals surface area contributed by atoms with Gasteiger partial charge in [0.1, 0.15) is 11.5 Å². The lowest BCUT2D eigenvalue weighted by Crippen LogP contribution is -2.64. The Morgan fingerprint density at radius 1 is 0.224 bits per heavy atom. The number of hydrogen-bond acceptors (Lipinski definition) is 6. The third-order valence-electron chi connectivity index (χ3n) is 20.0. The van der Waals surface area contributed by atoms with Gasteiger partial charge in [-0.25, -0.2) is 0 Å². The topological polar surface area (TPSA) is 25.4 Å². The summed E-state index contributed by atoms with van der Waals surface area (Å²) in [5.74, 6) is 1.67. The second-order valence-corrected chi connectivity index (χ2v) is 25.5. The van der Waals surface area contributed by atoms with Crippen molar-refractivity contribution in [1.29, 1.82) is 0 Å². The molecule has 6 nitrogen and oxygen atoms in total. The number of rotatable bonds is 12. The van der Waals surface area contributed by atoms with E-state index in [1.165, 1.54) is 21.9 Å². The Labute approximate surface area is 572 Å². The third kappa shape index (κ3) is 9.28. The Morgan fingerprint density at radius 3 is 1.13 bits per heavy atom. The van der Waals surface area contributed by atoms with Gasteiger partial charge in [-0.15, -0.1) is 0 Å². The molecule has 8 heteroatoms. The van der Waals surface area contributed by atoms with Crippen molar-refractivity contribution in [2.24, 2.45) is 0 Å². The first kappa shape index (κ1) is 56.7. The number of benzene rings is 15. The van der Waals surface area contributed by atoms with Crippen molar-refractivity contribution in [2.75, 3.05) is 24.5 Å². The van der Waals surface area contributed by atoms with Gasteiger partial charge in [-0.05, 0) is 153 Å². The van der Waals surface area contributed by atoms with Gasteiger partial charge < -0.3 is 29.2 Å². The van der Waals surface area contributed by atoms with Crippen LogP contribution in [-0.4, -0.2) is 13.4 Å². The predicted molar refractivity (Wildman–Crippen MR) is 412 cm³/mol. The zero-order valence-corrected chi connectivity index (χ0v) is 53.5. The molecule has 4 heterocycles. The van der Waals surface area contributed by atoms with Crippen molar-refractivity contribution in [3.05, 3.63) is 370 Å². The molecule has 0 spiro atoms. The number of ether oxygens (including phenoxy) is 1. The van der Waals surface area contributed by atoms with Crippen molar-refractivity contribution < 1.29 is 4.74 Å². The normalized spacial score (nSPS) is 12.7. The van der Waals surface area contributed by atoms with Crippen LogP contribution in [0.1, 0.15) is 0 Å². The fraction of sp³-hybridized carbons (Fsp3) is 0. The van der Waals surface area contributed by atoms with Gasteiger partial charge in [-0.3, -0.25) is 0 Å². The smallest absolute Gasteiger partial charge is 0.256 e. The highest BCUT2D eigenvalue weighted by molar-refractivity contribution is 7.02. The average Bonchev–Trinajstić information content (AvgIpc) is 0.687. The van der Waals surface area contributed by atoms with Crippen molar-refractivity contribution in [3.8, 4) is 44.9 Å². The Balaban J connectivity index is 0.914. The number of hydrogen-bond donors (Lipinski definition) is 0. The maximum atomic E-state index is 7.40. The van der Waals surface area contributed by atoms with Gasteiger partial charge in [0.15, 0.2) is 0 Å². The first-order chi connectivity index (χ1) is 48.7. The predicted octanol–water partition coefficient (Wildman–Crippen LogP) is 20.1. The van der Waals surface area contributed by atoms with Gasteiger partial charge in [-0.2, -0.15) is 0 Å². The first-order valence-corrected chi connectivity index (χ1v) is 33.7. The SMILES string of the molecule is c1ccc(-c2ccccc2N(c2ccccc2)c2cc3c4c(c2)N(c2ccccc2)c2cc5c(cc2B4c2ccccc2O3)B2c3ccccc3N(c3ccccc3-c3ccccc3)c3cc(N(c4ccccc4)c4ccccc4-c4ccccc4)cc(c32)N5c2ccccc2)cc1. The average molecular weight is 1250 g/mol. The largest absolute Gasteiger partial charge is 0.458 e. The van der Waals surface area contributed by atoms with Crippen molar-refractivity contribution >= 4 is 132 Å². The molecule has 0 saturated heterocycles. The molecule has 4 aliphatic heterocycles. The molecule has 0 saturated carbocycles. The van der Waals surface area contributed by atoms with Crippen LogP contribution < -0.4 is 62.0 Å². The summed E-state index contributed by atoms with van der Waals surface area (Å²) >= 11 is 0. The number of anilines is 15. The van der Waals surface area contributed by atoms with E-state index < -0.39 is 0 Å². The van der Waals surface area contributed by atoms with Crippen LogP contribution in [-0.2, 0) is 0 Å². The molecule has 458 valence electrons. The van der Waals surface area contributed by atoms with Crippen LogP contribution in [0.25, 0.3) is 33.4 Å². The summed E-state index contributed by atoms with van der Waals surface area (Å²) in [6.07, 6.45) is 0. The molecule has 15 aromatic carbocycles. The summed E-state index contributed by atoms with van der Waals surface area (Å²) in [6.45, 7) is -0.438. The minimum atomic E-state index is -0.222. The Bertz CT molecular complexity index is 5530. The summed E-state index contributed by atoms with van der Waals surface area (Å²) in [6, 6.07) is 135. The van der Waals surface area contributed by atoms with Crippen LogP contribution in [0.2, 0.25) is 0 Å². The lowest BCUT2D eigenvalue weighted by atomic mass is 9.30. The number of fused-ring (bicyclic) bond motifs is 8. The summed E-state index contributed by atoms with van der Waals surface area (Å²) < 4.78 is 7.40. The molecule has 0 amide bonds. The molecule has 0 aliphatic carbocycles. The van der Waals surface area contributed by atoms with Gasteiger partial charge in [0.25, 0.3) is 13.4 Å². The minimum absolute atomic E-state index is 0.216. The lowest BCUT2D eigenvalue weighted by molar-refractivity contribution is 0.487. The molecule has 0 radical (unpaired) electrons. The molecule has 19 rings (SSSR count). The lowest BCUT2D eigenvalue weighted by Gasteiger charge is -2.47. The zero-order valence-electron chi connectivity index (χ0n) is 53.5. The van der Waals surface area contributed by atoms with Crippen molar-refractivity contribution in [3.63, 3.8) is 0 Å². The molecule has 0 fully saturated rings. The molecule has 15 aromatic rings. The fourth-order valence-electron chi connectivity index (χ4n) is 15.9. The van der Waals surface area contributed by atoms with E-state index in [1.807, 2.05) is 0 Å². The van der Waals surface area contributed by atoms with E-state index in [0.717, 1.165) is 141 Å².